The van der Waals surface area contributed by atoms with Crippen molar-refractivity contribution < 1.29 is 53.3 Å². The Morgan fingerprint density at radius 1 is 0.500 bits per heavy atom. The molecule has 0 saturated heterocycles. The van der Waals surface area contributed by atoms with Gasteiger partial charge in [-0.2, -0.15) is 0 Å². The van der Waals surface area contributed by atoms with Crippen LogP contribution in [0.5, 0.6) is 23.0 Å². The van der Waals surface area contributed by atoms with Crippen LogP contribution in [0.4, 0.5) is 0 Å². The number of ether oxygens (including phenoxy) is 6. The summed E-state index contributed by atoms with van der Waals surface area (Å²) in [5.41, 5.74) is 3.80. The van der Waals surface area contributed by atoms with Crippen molar-refractivity contribution in [2.75, 3.05) is 46.2 Å². The first-order chi connectivity index (χ1) is 27.8. The molecule has 1 heterocycles. The zero-order valence-corrected chi connectivity index (χ0v) is 34.1. The van der Waals surface area contributed by atoms with Crippen LogP contribution in [0.25, 0.3) is 0 Å². The maximum absolute atomic E-state index is 10.6. The number of hydrogen-bond acceptors (Lipinski definition) is 11. The average molecular weight is 799 g/mol. The molecule has 11 heteroatoms. The molecule has 0 saturated carbocycles. The third-order valence-electron chi connectivity index (χ3n) is 10.0. The smallest absolute Gasteiger partial charge is 0.129 e. The SMILES string of the molecule is CC(CO)OCC(O)COc1ccc(C(C)(C)c2ccc(OCC(O)COc3ccc(C(C)(C)c4ccc(OCC(O)COCc5ccco5)cc4)cc3)cc2)cc1. The normalized spacial score (nSPS) is 14.0. The van der Waals surface area contributed by atoms with E-state index in [-0.39, 0.29) is 63.2 Å². The van der Waals surface area contributed by atoms with Crippen LogP contribution >= 0.6 is 0 Å². The lowest BCUT2D eigenvalue weighted by Crippen LogP contribution is -2.27. The Hall–Kier alpha value is -4.88. The minimum absolute atomic E-state index is 0.0782. The van der Waals surface area contributed by atoms with E-state index in [1.165, 1.54) is 0 Å². The summed E-state index contributed by atoms with van der Waals surface area (Å²) in [6.07, 6.45) is -1.14. The highest BCUT2D eigenvalue weighted by atomic mass is 16.5. The molecule has 4 unspecified atom stereocenters. The number of benzene rings is 4. The van der Waals surface area contributed by atoms with Gasteiger partial charge in [0.1, 0.15) is 80.1 Å². The minimum atomic E-state index is -0.832. The van der Waals surface area contributed by atoms with Crippen molar-refractivity contribution in [1.82, 2.24) is 0 Å². The monoisotopic (exact) mass is 798 g/mol. The van der Waals surface area contributed by atoms with Crippen LogP contribution in [0.2, 0.25) is 0 Å². The van der Waals surface area contributed by atoms with Crippen molar-refractivity contribution in [3.05, 3.63) is 143 Å². The van der Waals surface area contributed by atoms with Crippen molar-refractivity contribution >= 4 is 0 Å². The van der Waals surface area contributed by atoms with Gasteiger partial charge in [0.25, 0.3) is 0 Å². The first kappa shape index (κ1) is 44.2. The topological polar surface area (TPSA) is 149 Å². The summed E-state index contributed by atoms with van der Waals surface area (Å²) in [7, 11) is 0. The number of furan rings is 1. The molecule has 0 bridgehead atoms. The summed E-state index contributed by atoms with van der Waals surface area (Å²) in [6, 6.07) is 34.9. The summed E-state index contributed by atoms with van der Waals surface area (Å²) >= 11 is 0. The van der Waals surface area contributed by atoms with Gasteiger partial charge in [0, 0.05) is 10.8 Å². The lowest BCUT2D eigenvalue weighted by atomic mass is 9.78. The number of aliphatic hydroxyl groups is 4. The maximum atomic E-state index is 10.6. The van der Waals surface area contributed by atoms with Crippen LogP contribution in [0.15, 0.2) is 120 Å². The Morgan fingerprint density at radius 3 is 1.17 bits per heavy atom. The van der Waals surface area contributed by atoms with Crippen molar-refractivity contribution in [1.29, 1.82) is 0 Å². The van der Waals surface area contributed by atoms with E-state index in [0.29, 0.717) is 35.4 Å². The van der Waals surface area contributed by atoms with E-state index in [4.69, 9.17) is 37.9 Å². The second kappa shape index (κ2) is 21.2. The highest BCUT2D eigenvalue weighted by molar-refractivity contribution is 5.43. The molecule has 0 spiro atoms. The highest BCUT2D eigenvalue weighted by Crippen LogP contribution is 2.35. The summed E-state index contributed by atoms with van der Waals surface area (Å²) < 4.78 is 39.3. The molecule has 0 amide bonds. The van der Waals surface area contributed by atoms with Gasteiger partial charge < -0.3 is 53.3 Å². The van der Waals surface area contributed by atoms with Crippen LogP contribution in [0.3, 0.4) is 0 Å². The third-order valence-corrected chi connectivity index (χ3v) is 10.0. The second-order valence-corrected chi connectivity index (χ2v) is 15.5. The highest BCUT2D eigenvalue weighted by Gasteiger charge is 2.25. The minimum Gasteiger partial charge on any atom is -0.491 e. The van der Waals surface area contributed by atoms with Crippen LogP contribution in [-0.2, 0) is 26.9 Å². The lowest BCUT2D eigenvalue weighted by molar-refractivity contribution is -0.0355. The molecular formula is C47H58O11. The molecule has 4 aromatic carbocycles. The van der Waals surface area contributed by atoms with E-state index in [0.717, 1.165) is 22.3 Å². The van der Waals surface area contributed by atoms with Gasteiger partial charge in [0.15, 0.2) is 0 Å². The van der Waals surface area contributed by atoms with Crippen molar-refractivity contribution in [2.24, 2.45) is 0 Å². The summed E-state index contributed by atoms with van der Waals surface area (Å²) in [5.74, 6) is 3.31. The fraction of sp³-hybridized carbons (Fsp3) is 0.404. The molecular weight excluding hydrogens is 741 g/mol. The number of rotatable bonds is 24. The van der Waals surface area contributed by atoms with Gasteiger partial charge in [0.05, 0.1) is 32.2 Å². The standard InChI is InChI=1S/C47H58O11/c1-33(25-48)54-27-39(50)29-56-42-18-10-35(11-19-42)47(4,5)37-14-22-44(23-15-37)58-31-40(51)30-57-43-20-12-36(13-21-43)46(2,3)34-8-16-41(17-9-34)55-28-38(49)26-52-32-45-7-6-24-53-45/h6-24,33,38-40,48-51H,25-32H2,1-5H3. The van der Waals surface area contributed by atoms with Gasteiger partial charge in [-0.1, -0.05) is 76.2 Å². The Balaban J connectivity index is 1.02. The van der Waals surface area contributed by atoms with Crippen molar-refractivity contribution in [3.63, 3.8) is 0 Å². The molecule has 0 aliphatic rings. The lowest BCUT2D eigenvalue weighted by Gasteiger charge is -2.27. The first-order valence-electron chi connectivity index (χ1n) is 19.6. The molecule has 58 heavy (non-hydrogen) atoms. The second-order valence-electron chi connectivity index (χ2n) is 15.5. The molecule has 1 aromatic heterocycles. The fourth-order valence-electron chi connectivity index (χ4n) is 6.14. The molecule has 4 atom stereocenters. The van der Waals surface area contributed by atoms with Gasteiger partial charge in [-0.15, -0.1) is 0 Å². The van der Waals surface area contributed by atoms with Gasteiger partial charge in [-0.3, -0.25) is 0 Å². The molecule has 5 aromatic rings. The van der Waals surface area contributed by atoms with Crippen LogP contribution < -0.4 is 18.9 Å². The Bertz CT molecular complexity index is 1890. The zero-order chi connectivity index (χ0) is 41.5. The van der Waals surface area contributed by atoms with E-state index in [1.54, 1.807) is 19.3 Å². The van der Waals surface area contributed by atoms with Crippen molar-refractivity contribution in [3.8, 4) is 23.0 Å². The largest absolute Gasteiger partial charge is 0.491 e. The van der Waals surface area contributed by atoms with Gasteiger partial charge in [-0.05, 0) is 89.8 Å². The Morgan fingerprint density at radius 2 is 0.845 bits per heavy atom. The Kier molecular flexibility index (Phi) is 16.2. The number of aliphatic hydroxyl groups excluding tert-OH is 4. The summed E-state index contributed by atoms with van der Waals surface area (Å²) in [6.45, 7) is 11.1. The molecule has 0 aliphatic carbocycles. The predicted molar refractivity (Wildman–Crippen MR) is 221 cm³/mol. The first-order valence-corrected chi connectivity index (χ1v) is 19.6. The van der Waals surface area contributed by atoms with E-state index in [2.05, 4.69) is 27.7 Å². The molecule has 0 aliphatic heterocycles. The van der Waals surface area contributed by atoms with Crippen LogP contribution in [0, 0.1) is 0 Å². The van der Waals surface area contributed by atoms with Crippen LogP contribution in [0.1, 0.15) is 62.6 Å². The van der Waals surface area contributed by atoms with E-state index >= 15 is 0 Å². The third kappa shape index (κ3) is 13.1. The molecule has 0 fully saturated rings. The molecule has 0 radical (unpaired) electrons. The van der Waals surface area contributed by atoms with E-state index in [9.17, 15) is 15.3 Å². The fourth-order valence-corrected chi connectivity index (χ4v) is 6.14. The van der Waals surface area contributed by atoms with Gasteiger partial charge >= 0.3 is 0 Å². The predicted octanol–water partition coefficient (Wildman–Crippen LogP) is 6.84. The molecule has 5 rings (SSSR count). The molecule has 11 nitrogen and oxygen atoms in total. The maximum Gasteiger partial charge on any atom is 0.129 e. The molecule has 312 valence electrons. The Labute approximate surface area is 341 Å². The van der Waals surface area contributed by atoms with Crippen molar-refractivity contribution in [2.45, 2.75) is 76.5 Å². The summed E-state index contributed by atoms with van der Waals surface area (Å²) in [4.78, 5) is 0. The average Bonchev–Trinajstić information content (AvgIpc) is 3.77. The van der Waals surface area contributed by atoms with Gasteiger partial charge in [-0.25, -0.2) is 0 Å². The van der Waals surface area contributed by atoms with E-state index < -0.39 is 18.3 Å². The summed E-state index contributed by atoms with van der Waals surface area (Å²) in [5, 5.41) is 40.0. The zero-order valence-electron chi connectivity index (χ0n) is 34.1. The number of hydrogen-bond donors (Lipinski definition) is 4. The van der Waals surface area contributed by atoms with Crippen LogP contribution in [-0.4, -0.2) is 91.1 Å². The van der Waals surface area contributed by atoms with Gasteiger partial charge in [0.2, 0.25) is 0 Å². The van der Waals surface area contributed by atoms with E-state index in [1.807, 2.05) is 103 Å². The molecule has 4 N–H and O–H groups in total. The quantitative estimate of drug-likeness (QED) is 0.0520.